The van der Waals surface area contributed by atoms with Crippen molar-refractivity contribution in [3.05, 3.63) is 84.9 Å². The van der Waals surface area contributed by atoms with Crippen molar-refractivity contribution in [3.63, 3.8) is 0 Å². The van der Waals surface area contributed by atoms with Crippen LogP contribution >= 0.6 is 35.0 Å². The van der Waals surface area contributed by atoms with Gasteiger partial charge in [0.2, 0.25) is 0 Å². The van der Waals surface area contributed by atoms with Gasteiger partial charge < -0.3 is 15.1 Å². The van der Waals surface area contributed by atoms with E-state index in [0.717, 1.165) is 12.1 Å². The lowest BCUT2D eigenvalue weighted by atomic mass is 10.1. The van der Waals surface area contributed by atoms with Crippen LogP contribution in [0.3, 0.4) is 0 Å². The van der Waals surface area contributed by atoms with Crippen LogP contribution in [0.2, 0.25) is 10.0 Å². The van der Waals surface area contributed by atoms with Crippen molar-refractivity contribution in [1.29, 1.82) is 0 Å². The van der Waals surface area contributed by atoms with Gasteiger partial charge in [0.25, 0.3) is 11.6 Å². The molecule has 0 saturated carbocycles. The van der Waals surface area contributed by atoms with E-state index in [0.29, 0.717) is 22.0 Å². The summed E-state index contributed by atoms with van der Waals surface area (Å²) in [6.07, 6.45) is 2.57. The highest BCUT2D eigenvalue weighted by Gasteiger charge is 2.27. The summed E-state index contributed by atoms with van der Waals surface area (Å²) in [5.74, 6) is 0.519. The molecule has 1 aliphatic rings. The molecule has 164 valence electrons. The third-order valence-corrected chi connectivity index (χ3v) is 6.43. The summed E-state index contributed by atoms with van der Waals surface area (Å²) in [6.45, 7) is 2.09. The number of anilines is 1. The molecule has 0 radical (unpaired) electrons. The lowest BCUT2D eigenvalue weighted by Gasteiger charge is -2.12. The van der Waals surface area contributed by atoms with Crippen LogP contribution in [0.4, 0.5) is 11.4 Å². The minimum atomic E-state index is -0.587. The minimum absolute atomic E-state index is 0.0560. The Kier molecular flexibility index (Phi) is 6.45. The maximum Gasteiger partial charge on any atom is 0.288 e. The molecule has 2 heterocycles. The molecule has 2 aromatic carbocycles. The maximum absolute atomic E-state index is 12.4. The monoisotopic (exact) mass is 489 g/mol. The van der Waals surface area contributed by atoms with Crippen molar-refractivity contribution >= 4 is 58.3 Å². The van der Waals surface area contributed by atoms with Gasteiger partial charge in [-0.2, -0.15) is 0 Å². The number of halogens is 2. The normalized spacial score (nSPS) is 16.9. The van der Waals surface area contributed by atoms with Crippen LogP contribution in [-0.4, -0.2) is 16.3 Å². The smallest absolute Gasteiger partial charge is 0.288 e. The predicted octanol–water partition coefficient (Wildman–Crippen LogP) is 6.32. The molecule has 1 fully saturated rings. The fourth-order valence-corrected chi connectivity index (χ4v) is 4.63. The molecule has 0 spiro atoms. The number of furan rings is 1. The molecule has 32 heavy (non-hydrogen) atoms. The number of carbonyl (C=O) groups is 1. The predicted molar refractivity (Wildman–Crippen MR) is 128 cm³/mol. The van der Waals surface area contributed by atoms with Crippen molar-refractivity contribution in [2.75, 3.05) is 5.32 Å². The number of nitrogens with one attached hydrogen (secondary N) is 2. The molecule has 0 unspecified atom stereocenters. The summed E-state index contributed by atoms with van der Waals surface area (Å²) in [5, 5.41) is 17.5. The Morgan fingerprint density at radius 2 is 1.94 bits per heavy atom. The lowest BCUT2D eigenvalue weighted by Crippen LogP contribution is -2.30. The summed E-state index contributed by atoms with van der Waals surface area (Å²) in [4.78, 5) is 23.4. The highest BCUT2D eigenvalue weighted by molar-refractivity contribution is 8.05. The molecule has 1 aliphatic heterocycles. The van der Waals surface area contributed by atoms with Gasteiger partial charge in [0.1, 0.15) is 16.5 Å². The Balaban J connectivity index is 1.51. The van der Waals surface area contributed by atoms with Crippen molar-refractivity contribution in [1.82, 2.24) is 5.32 Å². The molecular formula is C22H17Cl2N3O4S. The van der Waals surface area contributed by atoms with Gasteiger partial charge in [-0.15, -0.1) is 0 Å². The molecule has 1 saturated heterocycles. The summed E-state index contributed by atoms with van der Waals surface area (Å²) >= 11 is 13.4. The van der Waals surface area contributed by atoms with E-state index >= 15 is 0 Å². The number of nitro groups is 1. The van der Waals surface area contributed by atoms with E-state index in [1.807, 2.05) is 24.3 Å². The van der Waals surface area contributed by atoms with Gasteiger partial charge in [-0.3, -0.25) is 14.9 Å². The molecule has 2 N–H and O–H groups in total. The quantitative estimate of drug-likeness (QED) is 0.238. The fraction of sp³-hybridized carbons (Fsp3) is 0.136. The van der Waals surface area contributed by atoms with Gasteiger partial charge in [-0.25, -0.2) is 0 Å². The Morgan fingerprint density at radius 1 is 1.19 bits per heavy atom. The van der Waals surface area contributed by atoms with Crippen LogP contribution in [0, 0.1) is 10.1 Å². The highest BCUT2D eigenvalue weighted by Crippen LogP contribution is 2.38. The number of aryl methyl sites for hydroxylation is 1. The Bertz CT molecular complexity index is 1220. The van der Waals surface area contributed by atoms with E-state index in [4.69, 9.17) is 27.6 Å². The summed E-state index contributed by atoms with van der Waals surface area (Å²) in [6, 6.07) is 13.9. The second-order valence-corrected chi connectivity index (χ2v) is 8.88. The van der Waals surface area contributed by atoms with Gasteiger partial charge in [0.15, 0.2) is 5.50 Å². The Labute approximate surface area is 197 Å². The van der Waals surface area contributed by atoms with E-state index in [1.54, 1.807) is 18.2 Å². The SMILES string of the molecule is CCc1ccc(N[C@H]2NC(=O)/C(=C/c3ccc(-c4cc([N+](=O)[O-])c(Cl)cc4Cl)o3)S2)cc1. The first-order chi connectivity index (χ1) is 15.3. The molecule has 3 aromatic rings. The van der Waals surface area contributed by atoms with E-state index in [2.05, 4.69) is 17.6 Å². The van der Waals surface area contributed by atoms with Crippen molar-refractivity contribution in [2.45, 2.75) is 18.8 Å². The molecule has 7 nitrogen and oxygen atoms in total. The fourth-order valence-electron chi connectivity index (χ4n) is 3.12. The average Bonchev–Trinajstić information content (AvgIpc) is 3.35. The van der Waals surface area contributed by atoms with Crippen LogP contribution in [-0.2, 0) is 11.2 Å². The maximum atomic E-state index is 12.4. The molecule has 0 aliphatic carbocycles. The van der Waals surface area contributed by atoms with E-state index < -0.39 is 4.92 Å². The number of hydrogen-bond acceptors (Lipinski definition) is 6. The van der Waals surface area contributed by atoms with Gasteiger partial charge in [0, 0.05) is 23.4 Å². The first-order valence-corrected chi connectivity index (χ1v) is 11.3. The van der Waals surface area contributed by atoms with E-state index in [1.165, 1.54) is 29.5 Å². The summed E-state index contributed by atoms with van der Waals surface area (Å²) in [5.41, 5.74) is 1.89. The number of hydrogen-bond donors (Lipinski definition) is 2. The number of amides is 1. The molecule has 4 rings (SSSR count). The van der Waals surface area contributed by atoms with Crippen LogP contribution in [0.5, 0.6) is 0 Å². The van der Waals surface area contributed by atoms with Gasteiger partial charge in [-0.1, -0.05) is 54.0 Å². The topological polar surface area (TPSA) is 97.4 Å². The number of rotatable bonds is 6. The molecule has 0 bridgehead atoms. The highest BCUT2D eigenvalue weighted by atomic mass is 35.5. The first kappa shape index (κ1) is 22.3. The van der Waals surface area contributed by atoms with E-state index in [9.17, 15) is 14.9 Å². The number of carbonyl (C=O) groups excluding carboxylic acids is 1. The number of thioether (sulfide) groups is 1. The second-order valence-electron chi connectivity index (χ2n) is 6.92. The average molecular weight is 490 g/mol. The summed E-state index contributed by atoms with van der Waals surface area (Å²) < 4.78 is 5.77. The van der Waals surface area contributed by atoms with Crippen molar-refractivity contribution < 1.29 is 14.1 Å². The van der Waals surface area contributed by atoms with Crippen molar-refractivity contribution in [2.24, 2.45) is 0 Å². The zero-order valence-electron chi connectivity index (χ0n) is 16.7. The Hall–Kier alpha value is -2.94. The molecule has 1 aromatic heterocycles. The lowest BCUT2D eigenvalue weighted by molar-refractivity contribution is -0.384. The van der Waals surface area contributed by atoms with Gasteiger partial charge in [-0.05, 0) is 42.3 Å². The largest absolute Gasteiger partial charge is 0.457 e. The molecule has 10 heteroatoms. The van der Waals surface area contributed by atoms with Gasteiger partial charge >= 0.3 is 0 Å². The molecule has 1 atom stereocenters. The number of nitrogens with zero attached hydrogens (tertiary/aromatic N) is 1. The minimum Gasteiger partial charge on any atom is -0.457 e. The number of benzene rings is 2. The van der Waals surface area contributed by atoms with E-state index in [-0.39, 0.29) is 27.1 Å². The zero-order valence-corrected chi connectivity index (χ0v) is 19.1. The Morgan fingerprint density at radius 3 is 2.62 bits per heavy atom. The number of nitro benzene ring substituents is 1. The third-order valence-electron chi connectivity index (χ3n) is 4.79. The molecular weight excluding hydrogens is 473 g/mol. The van der Waals surface area contributed by atoms with Crippen LogP contribution < -0.4 is 10.6 Å². The standard InChI is InChI=1S/C22H17Cl2N3O4S/c1-2-12-3-5-13(6-4-12)25-22-26-21(28)20(32-22)9-14-7-8-19(31-14)15-10-18(27(29)30)17(24)11-16(15)23/h3-11,22,25H,2H2,1H3,(H,26,28)/b20-9-/t22-/m0/s1. The van der Waals surface area contributed by atoms with Crippen LogP contribution in [0.15, 0.2) is 57.9 Å². The van der Waals surface area contributed by atoms with Crippen LogP contribution in [0.25, 0.3) is 17.4 Å². The van der Waals surface area contributed by atoms with Crippen LogP contribution in [0.1, 0.15) is 18.2 Å². The first-order valence-electron chi connectivity index (χ1n) is 9.62. The third kappa shape index (κ3) is 4.77. The molecule has 1 amide bonds. The van der Waals surface area contributed by atoms with Gasteiger partial charge in [0.05, 0.1) is 14.9 Å². The zero-order chi connectivity index (χ0) is 22.8. The summed E-state index contributed by atoms with van der Waals surface area (Å²) in [7, 11) is 0. The second kappa shape index (κ2) is 9.28. The van der Waals surface area contributed by atoms with Crippen molar-refractivity contribution in [3.8, 4) is 11.3 Å².